The van der Waals surface area contributed by atoms with Gasteiger partial charge in [0, 0.05) is 29.6 Å². The molecule has 0 unspecified atom stereocenters. The quantitative estimate of drug-likeness (QED) is 0.788. The molecule has 3 rings (SSSR count). The van der Waals surface area contributed by atoms with Gasteiger partial charge in [0.25, 0.3) is 0 Å². The molecule has 2 heteroatoms. The molecule has 2 heterocycles. The number of anilines is 1. The first-order chi connectivity index (χ1) is 8.43. The Morgan fingerprint density at radius 2 is 2.00 bits per heavy atom. The lowest BCUT2D eigenvalue weighted by Gasteiger charge is -2.26. The third kappa shape index (κ3) is 2.37. The lowest BCUT2D eigenvalue weighted by Crippen LogP contribution is -2.30. The average molecular weight is 243 g/mol. The van der Waals surface area contributed by atoms with Gasteiger partial charge in [-0.1, -0.05) is 24.3 Å². The molecule has 1 aromatic heterocycles. The van der Waals surface area contributed by atoms with E-state index in [1.807, 2.05) is 11.3 Å². The van der Waals surface area contributed by atoms with E-state index in [1.54, 1.807) is 0 Å². The van der Waals surface area contributed by atoms with E-state index in [9.17, 15) is 0 Å². The first kappa shape index (κ1) is 10.8. The number of hydrogen-bond acceptors (Lipinski definition) is 2. The lowest BCUT2D eigenvalue weighted by molar-refractivity contribution is 0.669. The van der Waals surface area contributed by atoms with E-state index in [0.717, 1.165) is 0 Å². The van der Waals surface area contributed by atoms with Gasteiger partial charge in [-0.15, -0.1) is 11.3 Å². The largest absolute Gasteiger partial charge is 0.368 e. The van der Waals surface area contributed by atoms with E-state index in [-0.39, 0.29) is 0 Å². The molecule has 0 aliphatic carbocycles. The summed E-state index contributed by atoms with van der Waals surface area (Å²) in [4.78, 5) is 4.08. The smallest absolute Gasteiger partial charge is 0.0368 e. The van der Waals surface area contributed by atoms with Gasteiger partial charge in [-0.05, 0) is 36.4 Å². The highest BCUT2D eigenvalue weighted by molar-refractivity contribution is 7.09. The fourth-order valence-corrected chi connectivity index (χ4v) is 3.45. The van der Waals surface area contributed by atoms with Crippen LogP contribution in [0.15, 0.2) is 47.8 Å². The van der Waals surface area contributed by atoms with Crippen molar-refractivity contribution in [2.24, 2.45) is 0 Å². The second-order valence-corrected chi connectivity index (χ2v) is 5.64. The summed E-state index contributed by atoms with van der Waals surface area (Å²) in [6, 6.07) is 15.9. The van der Waals surface area contributed by atoms with Gasteiger partial charge < -0.3 is 4.90 Å². The van der Waals surface area contributed by atoms with Crippen LogP contribution in [0.1, 0.15) is 17.7 Å². The van der Waals surface area contributed by atoms with E-state index in [0.29, 0.717) is 6.04 Å². The van der Waals surface area contributed by atoms with E-state index in [2.05, 4.69) is 52.7 Å². The first-order valence-electron chi connectivity index (χ1n) is 6.27. The first-order valence-corrected chi connectivity index (χ1v) is 7.15. The average Bonchev–Trinajstić information content (AvgIpc) is 3.02. The van der Waals surface area contributed by atoms with Gasteiger partial charge in [-0.3, -0.25) is 0 Å². The van der Waals surface area contributed by atoms with Crippen molar-refractivity contribution in [3.8, 4) is 0 Å². The molecule has 1 nitrogen and oxygen atoms in total. The van der Waals surface area contributed by atoms with E-state index in [1.165, 1.54) is 36.4 Å². The minimum absolute atomic E-state index is 0.691. The van der Waals surface area contributed by atoms with Crippen LogP contribution in [0.5, 0.6) is 0 Å². The highest BCUT2D eigenvalue weighted by Crippen LogP contribution is 2.28. The fourth-order valence-electron chi connectivity index (χ4n) is 2.67. The summed E-state index contributed by atoms with van der Waals surface area (Å²) < 4.78 is 0. The Kier molecular flexibility index (Phi) is 3.14. The molecule has 1 atom stereocenters. The Bertz CT molecular complexity index is 449. The Morgan fingerprint density at radius 1 is 1.12 bits per heavy atom. The van der Waals surface area contributed by atoms with Crippen molar-refractivity contribution < 1.29 is 0 Å². The summed E-state index contributed by atoms with van der Waals surface area (Å²) in [5, 5.41) is 2.18. The third-order valence-corrected chi connectivity index (χ3v) is 4.38. The molecular formula is C15H17NS. The minimum atomic E-state index is 0.691. The fraction of sp³-hybridized carbons (Fsp3) is 0.333. The van der Waals surface area contributed by atoms with Gasteiger partial charge in [0.2, 0.25) is 0 Å². The van der Waals surface area contributed by atoms with Gasteiger partial charge in [0.15, 0.2) is 0 Å². The highest BCUT2D eigenvalue weighted by atomic mass is 32.1. The summed E-state index contributed by atoms with van der Waals surface area (Å²) in [6.07, 6.45) is 3.85. The molecular weight excluding hydrogens is 226 g/mol. The highest BCUT2D eigenvalue weighted by Gasteiger charge is 2.24. The molecule has 0 amide bonds. The molecule has 0 bridgehead atoms. The molecule has 1 aliphatic heterocycles. The molecule has 17 heavy (non-hydrogen) atoms. The SMILES string of the molecule is c1ccc(N2CCC[C@@H]2Cc2cccs2)cc1. The normalized spacial score (nSPS) is 19.8. The van der Waals surface area contributed by atoms with Crippen molar-refractivity contribution in [2.75, 3.05) is 11.4 Å². The standard InChI is InChI=1S/C15H17NS/c1-2-6-13(7-3-1)16-10-4-8-14(16)12-15-9-5-11-17-15/h1-3,5-7,9,11,14H,4,8,10,12H2/t14-/m1/s1. The van der Waals surface area contributed by atoms with Crippen LogP contribution in [-0.2, 0) is 6.42 Å². The molecule has 0 radical (unpaired) electrons. The number of rotatable bonds is 3. The summed E-state index contributed by atoms with van der Waals surface area (Å²) in [5.41, 5.74) is 1.38. The van der Waals surface area contributed by atoms with Crippen LogP contribution >= 0.6 is 11.3 Å². The van der Waals surface area contributed by atoms with E-state index >= 15 is 0 Å². The Balaban J connectivity index is 1.76. The van der Waals surface area contributed by atoms with Crippen LogP contribution in [0.4, 0.5) is 5.69 Å². The zero-order valence-electron chi connectivity index (χ0n) is 9.88. The van der Waals surface area contributed by atoms with Crippen molar-refractivity contribution in [2.45, 2.75) is 25.3 Å². The molecule has 1 saturated heterocycles. The number of benzene rings is 1. The van der Waals surface area contributed by atoms with Crippen molar-refractivity contribution in [1.29, 1.82) is 0 Å². The number of para-hydroxylation sites is 1. The third-order valence-electron chi connectivity index (χ3n) is 3.48. The molecule has 1 fully saturated rings. The maximum absolute atomic E-state index is 2.57. The van der Waals surface area contributed by atoms with Gasteiger partial charge in [-0.25, -0.2) is 0 Å². The molecule has 0 N–H and O–H groups in total. The van der Waals surface area contributed by atoms with E-state index in [4.69, 9.17) is 0 Å². The van der Waals surface area contributed by atoms with Gasteiger partial charge in [0.1, 0.15) is 0 Å². The van der Waals surface area contributed by atoms with Crippen LogP contribution in [-0.4, -0.2) is 12.6 Å². The van der Waals surface area contributed by atoms with E-state index < -0.39 is 0 Å². The number of thiophene rings is 1. The predicted octanol–water partition coefficient (Wildman–Crippen LogP) is 3.96. The van der Waals surface area contributed by atoms with Crippen LogP contribution < -0.4 is 4.90 Å². The topological polar surface area (TPSA) is 3.24 Å². The summed E-state index contributed by atoms with van der Waals surface area (Å²) in [5.74, 6) is 0. The Morgan fingerprint density at radius 3 is 2.76 bits per heavy atom. The van der Waals surface area contributed by atoms with Gasteiger partial charge in [-0.2, -0.15) is 0 Å². The number of hydrogen-bond donors (Lipinski definition) is 0. The van der Waals surface area contributed by atoms with Crippen LogP contribution in [0.2, 0.25) is 0 Å². The van der Waals surface area contributed by atoms with Gasteiger partial charge in [0.05, 0.1) is 0 Å². The Labute approximate surface area is 107 Å². The minimum Gasteiger partial charge on any atom is -0.368 e. The second-order valence-electron chi connectivity index (χ2n) is 4.61. The summed E-state index contributed by atoms with van der Waals surface area (Å²) >= 11 is 1.88. The Hall–Kier alpha value is -1.28. The lowest BCUT2D eigenvalue weighted by atomic mass is 10.1. The number of nitrogens with zero attached hydrogens (tertiary/aromatic N) is 1. The van der Waals surface area contributed by atoms with Crippen LogP contribution in [0.25, 0.3) is 0 Å². The molecule has 1 aliphatic rings. The molecule has 0 saturated carbocycles. The van der Waals surface area contributed by atoms with Crippen molar-refractivity contribution in [1.82, 2.24) is 0 Å². The predicted molar refractivity (Wildman–Crippen MR) is 74.8 cm³/mol. The van der Waals surface area contributed by atoms with Crippen LogP contribution in [0, 0.1) is 0 Å². The van der Waals surface area contributed by atoms with Crippen molar-refractivity contribution in [3.63, 3.8) is 0 Å². The zero-order valence-corrected chi connectivity index (χ0v) is 10.7. The molecule has 2 aromatic rings. The summed E-state index contributed by atoms with van der Waals surface area (Å²) in [6.45, 7) is 1.21. The van der Waals surface area contributed by atoms with Crippen molar-refractivity contribution >= 4 is 17.0 Å². The summed E-state index contributed by atoms with van der Waals surface area (Å²) in [7, 11) is 0. The zero-order chi connectivity index (χ0) is 11.5. The molecule has 88 valence electrons. The van der Waals surface area contributed by atoms with Gasteiger partial charge >= 0.3 is 0 Å². The van der Waals surface area contributed by atoms with Crippen molar-refractivity contribution in [3.05, 3.63) is 52.7 Å². The second kappa shape index (κ2) is 4.92. The van der Waals surface area contributed by atoms with Crippen LogP contribution in [0.3, 0.4) is 0 Å². The maximum Gasteiger partial charge on any atom is 0.0368 e. The molecule has 0 spiro atoms. The molecule has 1 aromatic carbocycles. The maximum atomic E-state index is 2.57. The monoisotopic (exact) mass is 243 g/mol.